The van der Waals surface area contributed by atoms with Crippen LogP contribution in [0, 0.1) is 5.41 Å². The highest BCUT2D eigenvalue weighted by atomic mass is 35.5. The fraction of sp³-hybridized carbons (Fsp3) is 0.393. The molecule has 1 atom stereocenters. The SMILES string of the molecule is CC1(C)OCC2(CCN(c3cnc(Sc4ccc5ncn(Cc6ccc(N)nc6)c(=O)c5c4Cl)cn3)CC2)[C@@H]1N. The highest BCUT2D eigenvalue weighted by molar-refractivity contribution is 7.99. The summed E-state index contributed by atoms with van der Waals surface area (Å²) >= 11 is 8.12. The van der Waals surface area contributed by atoms with Gasteiger partial charge in [-0.2, -0.15) is 0 Å². The quantitative estimate of drug-likeness (QED) is 0.360. The summed E-state index contributed by atoms with van der Waals surface area (Å²) in [4.78, 5) is 34.1. The van der Waals surface area contributed by atoms with Crippen LogP contribution < -0.4 is 21.9 Å². The topological polar surface area (TPSA) is 138 Å². The van der Waals surface area contributed by atoms with Crippen LogP contribution in [0.25, 0.3) is 10.9 Å². The summed E-state index contributed by atoms with van der Waals surface area (Å²) in [5, 5.41) is 1.39. The molecule has 3 aromatic heterocycles. The van der Waals surface area contributed by atoms with E-state index < -0.39 is 0 Å². The number of ether oxygens (including phenoxy) is 1. The summed E-state index contributed by atoms with van der Waals surface area (Å²) in [6.45, 7) is 6.89. The number of piperidine rings is 1. The van der Waals surface area contributed by atoms with E-state index >= 15 is 0 Å². The minimum absolute atomic E-state index is 0.0211. The molecule has 0 saturated carbocycles. The van der Waals surface area contributed by atoms with Gasteiger partial charge in [0.2, 0.25) is 0 Å². The number of aromatic nitrogens is 5. The first-order valence-electron chi connectivity index (χ1n) is 13.2. The molecule has 4 N–H and O–H groups in total. The number of hydrogen-bond donors (Lipinski definition) is 2. The molecular formula is C28H31ClN8O2S. The highest BCUT2D eigenvalue weighted by Gasteiger charge is 2.52. The van der Waals surface area contributed by atoms with Crippen LogP contribution in [0.1, 0.15) is 32.3 Å². The summed E-state index contributed by atoms with van der Waals surface area (Å²) in [5.41, 5.74) is 13.1. The first-order valence-corrected chi connectivity index (χ1v) is 14.4. The predicted molar refractivity (Wildman–Crippen MR) is 157 cm³/mol. The Hall–Kier alpha value is -3.25. The van der Waals surface area contributed by atoms with Gasteiger partial charge in [-0.15, -0.1) is 0 Å². The Kier molecular flexibility index (Phi) is 6.94. The fourth-order valence-electron chi connectivity index (χ4n) is 5.62. The number of nitrogens with two attached hydrogens (primary N) is 2. The lowest BCUT2D eigenvalue weighted by molar-refractivity contribution is 0.0248. The van der Waals surface area contributed by atoms with Gasteiger partial charge in [-0.1, -0.05) is 29.4 Å². The molecule has 40 heavy (non-hydrogen) atoms. The van der Waals surface area contributed by atoms with Crippen molar-refractivity contribution in [2.24, 2.45) is 11.1 Å². The van der Waals surface area contributed by atoms with Gasteiger partial charge in [0.1, 0.15) is 16.7 Å². The highest BCUT2D eigenvalue weighted by Crippen LogP contribution is 2.46. The van der Waals surface area contributed by atoms with Crippen LogP contribution in [0.3, 0.4) is 0 Å². The molecule has 0 unspecified atom stereocenters. The Morgan fingerprint density at radius 2 is 1.88 bits per heavy atom. The number of fused-ring (bicyclic) bond motifs is 1. The van der Waals surface area contributed by atoms with Gasteiger partial charge < -0.3 is 21.1 Å². The molecule has 0 radical (unpaired) electrons. The number of nitrogens with zero attached hydrogens (tertiary/aromatic N) is 6. The van der Waals surface area contributed by atoms with Crippen LogP contribution in [0.5, 0.6) is 0 Å². The van der Waals surface area contributed by atoms with Crippen molar-refractivity contribution < 1.29 is 4.74 Å². The number of halogens is 1. The predicted octanol–water partition coefficient (Wildman–Crippen LogP) is 3.74. The van der Waals surface area contributed by atoms with Gasteiger partial charge in [0.05, 0.1) is 53.4 Å². The van der Waals surface area contributed by atoms with Crippen molar-refractivity contribution in [1.29, 1.82) is 0 Å². The molecule has 208 valence electrons. The maximum atomic E-state index is 13.3. The van der Waals surface area contributed by atoms with Crippen LogP contribution in [0.4, 0.5) is 11.6 Å². The third kappa shape index (κ3) is 4.91. The lowest BCUT2D eigenvalue weighted by atomic mass is 9.71. The molecule has 1 spiro atoms. The molecule has 12 heteroatoms. The molecule has 5 heterocycles. The zero-order valence-electron chi connectivity index (χ0n) is 22.4. The summed E-state index contributed by atoms with van der Waals surface area (Å²) in [6.07, 6.45) is 8.62. The second-order valence-electron chi connectivity index (χ2n) is 11.1. The summed E-state index contributed by atoms with van der Waals surface area (Å²) in [5.74, 6) is 1.26. The number of anilines is 2. The summed E-state index contributed by atoms with van der Waals surface area (Å²) in [6, 6.07) is 7.20. The molecule has 0 aliphatic carbocycles. The van der Waals surface area contributed by atoms with E-state index in [-0.39, 0.29) is 22.6 Å². The van der Waals surface area contributed by atoms with E-state index in [1.165, 1.54) is 22.7 Å². The number of hydrogen-bond acceptors (Lipinski definition) is 10. The van der Waals surface area contributed by atoms with E-state index in [4.69, 9.17) is 27.8 Å². The van der Waals surface area contributed by atoms with E-state index in [2.05, 4.69) is 38.7 Å². The van der Waals surface area contributed by atoms with Crippen molar-refractivity contribution in [1.82, 2.24) is 24.5 Å². The number of nitrogen functional groups attached to an aromatic ring is 1. The third-order valence-electron chi connectivity index (χ3n) is 8.15. The lowest BCUT2D eigenvalue weighted by Gasteiger charge is -2.42. The van der Waals surface area contributed by atoms with Crippen molar-refractivity contribution >= 4 is 45.9 Å². The van der Waals surface area contributed by atoms with Crippen molar-refractivity contribution in [3.8, 4) is 0 Å². The standard InChI is InChI=1S/C28H31ClN8O2S/c1-27(2)26(31)28(15-39-27)7-9-36(10-8-28)21-12-34-22(13-33-21)40-19-5-4-18-23(24(19)29)25(38)37(16-35-18)14-17-3-6-20(30)32-11-17/h3-6,11-13,16,26H,7-10,14-15,31H2,1-2H3,(H2,30,32)/t26-/m1/s1. The van der Waals surface area contributed by atoms with Crippen LogP contribution in [0.2, 0.25) is 5.02 Å². The Morgan fingerprint density at radius 1 is 1.07 bits per heavy atom. The molecule has 6 rings (SSSR count). The molecule has 2 aliphatic rings. The van der Waals surface area contributed by atoms with E-state index in [0.717, 1.165) is 37.3 Å². The van der Waals surface area contributed by atoms with E-state index in [1.807, 2.05) is 12.1 Å². The minimum atomic E-state index is -0.289. The second kappa shape index (κ2) is 10.3. The van der Waals surface area contributed by atoms with Gasteiger partial charge in [0, 0.05) is 35.6 Å². The molecule has 10 nitrogen and oxygen atoms in total. The van der Waals surface area contributed by atoms with Crippen LogP contribution in [-0.2, 0) is 11.3 Å². The summed E-state index contributed by atoms with van der Waals surface area (Å²) < 4.78 is 7.54. The largest absolute Gasteiger partial charge is 0.384 e. The molecular weight excluding hydrogens is 548 g/mol. The van der Waals surface area contributed by atoms with Crippen molar-refractivity contribution in [3.63, 3.8) is 0 Å². The van der Waals surface area contributed by atoms with Crippen LogP contribution in [0.15, 0.2) is 63.9 Å². The van der Waals surface area contributed by atoms with Gasteiger partial charge >= 0.3 is 0 Å². The van der Waals surface area contributed by atoms with E-state index in [9.17, 15) is 4.79 Å². The monoisotopic (exact) mass is 578 g/mol. The minimum Gasteiger partial charge on any atom is -0.384 e. The average molecular weight is 579 g/mol. The average Bonchev–Trinajstić information content (AvgIpc) is 3.17. The molecule has 0 bridgehead atoms. The molecule has 1 aromatic carbocycles. The third-order valence-corrected chi connectivity index (χ3v) is 9.63. The maximum Gasteiger partial charge on any atom is 0.263 e. The zero-order chi connectivity index (χ0) is 28.1. The van der Waals surface area contributed by atoms with Gasteiger partial charge in [-0.3, -0.25) is 9.36 Å². The Balaban J connectivity index is 1.17. The molecule has 0 amide bonds. The smallest absolute Gasteiger partial charge is 0.263 e. The molecule has 2 aliphatic heterocycles. The Morgan fingerprint density at radius 3 is 2.52 bits per heavy atom. The fourth-order valence-corrected chi connectivity index (χ4v) is 6.74. The lowest BCUT2D eigenvalue weighted by Crippen LogP contribution is -2.53. The normalized spacial score (nSPS) is 19.9. The van der Waals surface area contributed by atoms with Gasteiger partial charge in [0.25, 0.3) is 5.56 Å². The number of pyridine rings is 1. The summed E-state index contributed by atoms with van der Waals surface area (Å²) in [7, 11) is 0. The Bertz CT molecular complexity index is 1600. The van der Waals surface area contributed by atoms with Gasteiger partial charge in [-0.25, -0.2) is 19.9 Å². The van der Waals surface area contributed by atoms with Crippen LogP contribution >= 0.6 is 23.4 Å². The molecule has 4 aromatic rings. The molecule has 2 fully saturated rings. The van der Waals surface area contributed by atoms with Crippen molar-refractivity contribution in [2.75, 3.05) is 30.3 Å². The van der Waals surface area contributed by atoms with Crippen molar-refractivity contribution in [2.45, 2.75) is 54.8 Å². The second-order valence-corrected chi connectivity index (χ2v) is 12.5. The maximum absolute atomic E-state index is 13.3. The van der Waals surface area contributed by atoms with Gasteiger partial charge in [-0.05, 0) is 50.5 Å². The zero-order valence-corrected chi connectivity index (χ0v) is 24.0. The van der Waals surface area contributed by atoms with Gasteiger partial charge in [0.15, 0.2) is 0 Å². The van der Waals surface area contributed by atoms with E-state index in [0.29, 0.717) is 44.8 Å². The number of rotatable bonds is 5. The molecule has 2 saturated heterocycles. The van der Waals surface area contributed by atoms with Crippen LogP contribution in [-0.4, -0.2) is 55.8 Å². The van der Waals surface area contributed by atoms with E-state index in [1.54, 1.807) is 30.7 Å². The number of benzene rings is 1. The first kappa shape index (κ1) is 26.9. The van der Waals surface area contributed by atoms with Crippen molar-refractivity contribution in [3.05, 3.63) is 70.1 Å². The Labute approximate surface area is 241 Å². The first-order chi connectivity index (χ1) is 19.1.